The fourth-order valence-corrected chi connectivity index (χ4v) is 2.89. The molecule has 0 atom stereocenters. The molecule has 0 aliphatic rings. The number of halogens is 1. The summed E-state index contributed by atoms with van der Waals surface area (Å²) >= 11 is 3.30. The van der Waals surface area contributed by atoms with Crippen LogP contribution in [-0.2, 0) is 17.9 Å². The van der Waals surface area contributed by atoms with Gasteiger partial charge in [0.15, 0.2) is 21.7 Å². The minimum Gasteiger partial charge on any atom is -0.377 e. The van der Waals surface area contributed by atoms with Crippen molar-refractivity contribution in [3.63, 3.8) is 0 Å². The number of nitrogens with zero attached hydrogens (tertiary/aromatic N) is 5. The van der Waals surface area contributed by atoms with Crippen LogP contribution in [0.15, 0.2) is 9.53 Å². The molecule has 0 bridgehead atoms. The van der Waals surface area contributed by atoms with E-state index in [0.717, 1.165) is 25.8 Å². The Bertz CT molecular complexity index is 865. The smallest absolute Gasteiger partial charge is 0.286 e. The van der Waals surface area contributed by atoms with Crippen LogP contribution in [0.3, 0.4) is 0 Å². The lowest BCUT2D eigenvalue weighted by Gasteiger charge is -2.09. The van der Waals surface area contributed by atoms with Crippen molar-refractivity contribution in [2.45, 2.75) is 39.3 Å². The molecule has 0 amide bonds. The van der Waals surface area contributed by atoms with Crippen LogP contribution < -0.4 is 5.56 Å². The standard InChI is InChI=1S/C13H17BrN6O2/c1-3-4-5-6-19-10-9(15-12(14)16-10)11(21)20-8(7-22-2)17-18-13(19)20/h3-7H2,1-2H3,(H,15,16). The van der Waals surface area contributed by atoms with E-state index in [1.165, 1.54) is 4.40 Å². The first-order chi connectivity index (χ1) is 10.7. The number of aromatic nitrogens is 6. The van der Waals surface area contributed by atoms with Gasteiger partial charge < -0.3 is 9.72 Å². The second-order valence-corrected chi connectivity index (χ2v) is 5.83. The van der Waals surface area contributed by atoms with E-state index < -0.39 is 0 Å². The van der Waals surface area contributed by atoms with Gasteiger partial charge in [-0.1, -0.05) is 19.8 Å². The van der Waals surface area contributed by atoms with Gasteiger partial charge in [0, 0.05) is 13.7 Å². The molecule has 9 heteroatoms. The number of hydrogen-bond acceptors (Lipinski definition) is 5. The van der Waals surface area contributed by atoms with Crippen LogP contribution in [-0.4, -0.2) is 36.2 Å². The van der Waals surface area contributed by atoms with Gasteiger partial charge in [-0.25, -0.2) is 9.38 Å². The normalized spacial score (nSPS) is 11.8. The first-order valence-electron chi connectivity index (χ1n) is 7.18. The van der Waals surface area contributed by atoms with Crippen molar-refractivity contribution in [3.8, 4) is 0 Å². The summed E-state index contributed by atoms with van der Waals surface area (Å²) in [5.41, 5.74) is 0.817. The fraction of sp³-hybridized carbons (Fsp3) is 0.538. The van der Waals surface area contributed by atoms with E-state index in [4.69, 9.17) is 4.74 Å². The van der Waals surface area contributed by atoms with Gasteiger partial charge in [-0.2, -0.15) is 0 Å². The second-order valence-electron chi connectivity index (χ2n) is 5.07. The second kappa shape index (κ2) is 6.17. The zero-order valence-corrected chi connectivity index (χ0v) is 14.1. The van der Waals surface area contributed by atoms with Crippen molar-refractivity contribution in [3.05, 3.63) is 20.9 Å². The van der Waals surface area contributed by atoms with Crippen LogP contribution in [0, 0.1) is 0 Å². The number of unbranched alkanes of at least 4 members (excludes halogenated alkanes) is 2. The molecule has 0 radical (unpaired) electrons. The number of ether oxygens (including phenoxy) is 1. The third-order valence-electron chi connectivity index (χ3n) is 3.54. The number of hydrogen-bond donors (Lipinski definition) is 1. The highest BCUT2D eigenvalue weighted by molar-refractivity contribution is 9.10. The lowest BCUT2D eigenvalue weighted by atomic mass is 10.2. The molecule has 0 spiro atoms. The number of rotatable bonds is 6. The number of fused-ring (bicyclic) bond motifs is 2. The van der Waals surface area contributed by atoms with Gasteiger partial charge in [-0.15, -0.1) is 10.2 Å². The largest absolute Gasteiger partial charge is 0.377 e. The Labute approximate surface area is 134 Å². The molecule has 0 unspecified atom stereocenters. The maximum atomic E-state index is 12.7. The van der Waals surface area contributed by atoms with E-state index in [9.17, 15) is 4.79 Å². The quantitative estimate of drug-likeness (QED) is 0.529. The molecular formula is C13H17BrN6O2. The Morgan fingerprint density at radius 1 is 1.32 bits per heavy atom. The lowest BCUT2D eigenvalue weighted by molar-refractivity contribution is 0.176. The molecule has 0 saturated carbocycles. The Morgan fingerprint density at radius 3 is 2.86 bits per heavy atom. The lowest BCUT2D eigenvalue weighted by Crippen LogP contribution is -2.21. The molecule has 3 heterocycles. The first-order valence-corrected chi connectivity index (χ1v) is 7.97. The van der Waals surface area contributed by atoms with Crippen LogP contribution >= 0.6 is 15.9 Å². The van der Waals surface area contributed by atoms with Crippen LogP contribution in [0.1, 0.15) is 32.0 Å². The monoisotopic (exact) mass is 368 g/mol. The molecule has 0 aliphatic carbocycles. The van der Waals surface area contributed by atoms with E-state index in [0.29, 0.717) is 27.5 Å². The van der Waals surface area contributed by atoms with E-state index in [1.54, 1.807) is 7.11 Å². The van der Waals surface area contributed by atoms with E-state index >= 15 is 0 Å². The summed E-state index contributed by atoms with van der Waals surface area (Å²) in [4.78, 5) is 20.0. The van der Waals surface area contributed by atoms with Crippen LogP contribution in [0.5, 0.6) is 0 Å². The van der Waals surface area contributed by atoms with Gasteiger partial charge >= 0.3 is 0 Å². The number of nitrogens with one attached hydrogen (secondary N) is 1. The number of methoxy groups -OCH3 is 1. The van der Waals surface area contributed by atoms with Crippen molar-refractivity contribution < 1.29 is 4.74 Å². The Balaban J connectivity index is 2.27. The maximum absolute atomic E-state index is 12.7. The minimum absolute atomic E-state index is 0.216. The summed E-state index contributed by atoms with van der Waals surface area (Å²) in [5.74, 6) is 0.985. The number of aryl methyl sites for hydroxylation is 1. The number of H-pyrrole nitrogens is 1. The molecule has 8 nitrogen and oxygen atoms in total. The summed E-state index contributed by atoms with van der Waals surface area (Å²) < 4.78 is 9.04. The highest BCUT2D eigenvalue weighted by atomic mass is 79.9. The van der Waals surface area contributed by atoms with Crippen molar-refractivity contribution in [2.24, 2.45) is 0 Å². The Kier molecular flexibility index (Phi) is 4.25. The van der Waals surface area contributed by atoms with Gasteiger partial charge in [0.2, 0.25) is 5.78 Å². The zero-order valence-electron chi connectivity index (χ0n) is 12.5. The topological polar surface area (TPSA) is 90.1 Å². The average molecular weight is 369 g/mol. The molecule has 3 aromatic heterocycles. The van der Waals surface area contributed by atoms with Gasteiger partial charge in [0.1, 0.15) is 6.61 Å². The molecule has 1 N–H and O–H groups in total. The van der Waals surface area contributed by atoms with Gasteiger partial charge in [-0.3, -0.25) is 9.36 Å². The Morgan fingerprint density at radius 2 is 2.14 bits per heavy atom. The fourth-order valence-electron chi connectivity index (χ4n) is 2.53. The summed E-state index contributed by atoms with van der Waals surface area (Å²) in [5, 5.41) is 8.24. The van der Waals surface area contributed by atoms with Gasteiger partial charge in [-0.05, 0) is 22.4 Å². The van der Waals surface area contributed by atoms with Crippen molar-refractivity contribution in [2.75, 3.05) is 7.11 Å². The highest BCUT2D eigenvalue weighted by Gasteiger charge is 2.19. The molecule has 22 heavy (non-hydrogen) atoms. The average Bonchev–Trinajstić information content (AvgIpc) is 3.07. The molecule has 3 aromatic rings. The zero-order chi connectivity index (χ0) is 15.7. The van der Waals surface area contributed by atoms with Gasteiger partial charge in [0.25, 0.3) is 5.56 Å². The molecular weight excluding hydrogens is 352 g/mol. The maximum Gasteiger partial charge on any atom is 0.286 e. The van der Waals surface area contributed by atoms with Crippen molar-refractivity contribution in [1.82, 2.24) is 29.1 Å². The number of aromatic amines is 1. The highest BCUT2D eigenvalue weighted by Crippen LogP contribution is 2.16. The van der Waals surface area contributed by atoms with Crippen molar-refractivity contribution in [1.29, 1.82) is 0 Å². The Hall–Kier alpha value is -1.74. The first kappa shape index (κ1) is 15.2. The third-order valence-corrected chi connectivity index (χ3v) is 3.92. The molecule has 3 rings (SSSR count). The molecule has 0 fully saturated rings. The predicted octanol–water partition coefficient (Wildman–Crippen LogP) is 1.87. The van der Waals surface area contributed by atoms with Crippen LogP contribution in [0.4, 0.5) is 0 Å². The van der Waals surface area contributed by atoms with Crippen LogP contribution in [0.25, 0.3) is 16.9 Å². The summed E-state index contributed by atoms with van der Waals surface area (Å²) in [6.45, 7) is 3.11. The summed E-state index contributed by atoms with van der Waals surface area (Å²) in [6.07, 6.45) is 3.21. The molecule has 0 aliphatic heterocycles. The minimum atomic E-state index is -0.216. The summed E-state index contributed by atoms with van der Waals surface area (Å²) in [6, 6.07) is 0. The summed E-state index contributed by atoms with van der Waals surface area (Å²) in [7, 11) is 1.56. The van der Waals surface area contributed by atoms with E-state index in [-0.39, 0.29) is 12.2 Å². The third kappa shape index (κ3) is 2.44. The van der Waals surface area contributed by atoms with Crippen molar-refractivity contribution >= 4 is 32.9 Å². The van der Waals surface area contributed by atoms with Gasteiger partial charge in [0.05, 0.1) is 0 Å². The van der Waals surface area contributed by atoms with Crippen LogP contribution in [0.2, 0.25) is 0 Å². The number of imidazole rings is 1. The molecule has 0 saturated heterocycles. The van der Waals surface area contributed by atoms with E-state index in [2.05, 4.69) is 43.0 Å². The predicted molar refractivity (Wildman–Crippen MR) is 84.8 cm³/mol. The molecule has 118 valence electrons. The molecule has 0 aromatic carbocycles. The van der Waals surface area contributed by atoms with E-state index in [1.807, 2.05) is 4.57 Å². The SMILES string of the molecule is CCCCCn1c2nc(Br)[nH]c2c(=O)n2c(COC)nnc12.